The van der Waals surface area contributed by atoms with E-state index in [1.807, 2.05) is 0 Å². The van der Waals surface area contributed by atoms with Gasteiger partial charge in [0.15, 0.2) is 11.6 Å². The van der Waals surface area contributed by atoms with E-state index in [2.05, 4.69) is 10.1 Å². The number of hydrogen-bond donors (Lipinski definition) is 1. The largest absolute Gasteiger partial charge is 0.494 e. The van der Waals surface area contributed by atoms with Crippen LogP contribution >= 0.6 is 0 Å². The van der Waals surface area contributed by atoms with E-state index in [1.165, 1.54) is 26.4 Å². The van der Waals surface area contributed by atoms with Crippen LogP contribution in [-0.4, -0.2) is 27.2 Å². The molecule has 1 atom stereocenters. The quantitative estimate of drug-likeness (QED) is 0.787. The summed E-state index contributed by atoms with van der Waals surface area (Å²) in [6.07, 6.45) is 0. The Kier molecular flexibility index (Phi) is 4.25. The van der Waals surface area contributed by atoms with Crippen LogP contribution in [0.5, 0.6) is 5.75 Å². The van der Waals surface area contributed by atoms with Gasteiger partial charge in [-0.3, -0.25) is 0 Å². The second-order valence-corrected chi connectivity index (χ2v) is 3.14. The Morgan fingerprint density at radius 2 is 2.12 bits per heavy atom. The molecule has 88 valence electrons. The van der Waals surface area contributed by atoms with Gasteiger partial charge in [0.25, 0.3) is 0 Å². The van der Waals surface area contributed by atoms with E-state index < -0.39 is 17.8 Å². The van der Waals surface area contributed by atoms with Crippen molar-refractivity contribution in [3.63, 3.8) is 0 Å². The molecule has 0 saturated heterocycles. The summed E-state index contributed by atoms with van der Waals surface area (Å²) >= 11 is 0. The summed E-state index contributed by atoms with van der Waals surface area (Å²) in [6.45, 7) is 0. The molecule has 0 saturated carbocycles. The number of ether oxygens (including phenoxy) is 2. The molecule has 1 aromatic carbocycles. The van der Waals surface area contributed by atoms with Crippen molar-refractivity contribution in [1.29, 1.82) is 0 Å². The van der Waals surface area contributed by atoms with Crippen LogP contribution in [0.15, 0.2) is 18.2 Å². The second kappa shape index (κ2) is 5.46. The van der Waals surface area contributed by atoms with E-state index in [0.29, 0.717) is 5.56 Å². The molecule has 0 aromatic heterocycles. The first-order valence-corrected chi connectivity index (χ1v) is 4.72. The molecule has 1 rings (SSSR count). The van der Waals surface area contributed by atoms with Crippen molar-refractivity contribution in [1.82, 2.24) is 5.32 Å². The Morgan fingerprint density at radius 3 is 2.56 bits per heavy atom. The van der Waals surface area contributed by atoms with Gasteiger partial charge >= 0.3 is 5.97 Å². The Bertz CT molecular complexity index is 381. The molecule has 0 amide bonds. The maximum absolute atomic E-state index is 13.4. The normalized spacial score (nSPS) is 12.0. The second-order valence-electron chi connectivity index (χ2n) is 3.14. The molecule has 0 radical (unpaired) electrons. The van der Waals surface area contributed by atoms with Crippen molar-refractivity contribution in [2.24, 2.45) is 0 Å². The summed E-state index contributed by atoms with van der Waals surface area (Å²) in [5, 5.41) is 2.75. The molecule has 0 bridgehead atoms. The van der Waals surface area contributed by atoms with Crippen LogP contribution in [-0.2, 0) is 9.53 Å². The predicted molar refractivity (Wildman–Crippen MR) is 56.8 cm³/mol. The van der Waals surface area contributed by atoms with Crippen LogP contribution in [0.1, 0.15) is 11.6 Å². The molecule has 0 aliphatic rings. The van der Waals surface area contributed by atoms with Gasteiger partial charge in [-0.2, -0.15) is 0 Å². The van der Waals surface area contributed by atoms with Gasteiger partial charge in [0.05, 0.1) is 14.2 Å². The summed E-state index contributed by atoms with van der Waals surface area (Å²) in [5.41, 5.74) is 0.493. The first-order valence-electron chi connectivity index (χ1n) is 4.72. The standard InChI is InChI=1S/C11H14FNO3/c1-13-10(11(14)16-3)7-4-5-9(15-2)8(12)6-7/h4-6,10,13H,1-3H3. The Balaban J connectivity index is 3.03. The molecule has 1 aromatic rings. The number of benzene rings is 1. The number of carbonyl (C=O) groups excluding carboxylic acids is 1. The molecule has 5 heteroatoms. The van der Waals surface area contributed by atoms with E-state index >= 15 is 0 Å². The van der Waals surface area contributed by atoms with Gasteiger partial charge in [0, 0.05) is 0 Å². The van der Waals surface area contributed by atoms with Gasteiger partial charge in [-0.25, -0.2) is 9.18 Å². The van der Waals surface area contributed by atoms with E-state index in [-0.39, 0.29) is 5.75 Å². The maximum atomic E-state index is 13.4. The highest BCUT2D eigenvalue weighted by Gasteiger charge is 2.20. The lowest BCUT2D eigenvalue weighted by Crippen LogP contribution is -2.26. The lowest BCUT2D eigenvalue weighted by molar-refractivity contribution is -0.143. The van der Waals surface area contributed by atoms with E-state index in [1.54, 1.807) is 13.1 Å². The zero-order valence-corrected chi connectivity index (χ0v) is 9.41. The Morgan fingerprint density at radius 1 is 1.44 bits per heavy atom. The van der Waals surface area contributed by atoms with Crippen LogP contribution in [0, 0.1) is 5.82 Å². The monoisotopic (exact) mass is 227 g/mol. The molecule has 0 spiro atoms. The van der Waals surface area contributed by atoms with Crippen molar-refractivity contribution in [2.75, 3.05) is 21.3 Å². The zero-order valence-electron chi connectivity index (χ0n) is 9.41. The highest BCUT2D eigenvalue weighted by Crippen LogP contribution is 2.22. The lowest BCUT2D eigenvalue weighted by Gasteiger charge is -2.14. The van der Waals surface area contributed by atoms with E-state index in [0.717, 1.165) is 0 Å². The highest BCUT2D eigenvalue weighted by atomic mass is 19.1. The topological polar surface area (TPSA) is 47.6 Å². The van der Waals surface area contributed by atoms with Gasteiger partial charge in [0.1, 0.15) is 6.04 Å². The molecule has 1 N–H and O–H groups in total. The fourth-order valence-electron chi connectivity index (χ4n) is 1.40. The summed E-state index contributed by atoms with van der Waals surface area (Å²) in [4.78, 5) is 11.4. The van der Waals surface area contributed by atoms with Crippen LogP contribution in [0.3, 0.4) is 0 Å². The van der Waals surface area contributed by atoms with Crippen molar-refractivity contribution in [3.05, 3.63) is 29.6 Å². The van der Waals surface area contributed by atoms with Crippen molar-refractivity contribution >= 4 is 5.97 Å². The number of carbonyl (C=O) groups is 1. The number of methoxy groups -OCH3 is 2. The van der Waals surface area contributed by atoms with Gasteiger partial charge in [0.2, 0.25) is 0 Å². The maximum Gasteiger partial charge on any atom is 0.327 e. The van der Waals surface area contributed by atoms with Gasteiger partial charge in [-0.1, -0.05) is 6.07 Å². The third kappa shape index (κ3) is 2.49. The van der Waals surface area contributed by atoms with Gasteiger partial charge in [-0.15, -0.1) is 0 Å². The first-order chi connectivity index (χ1) is 7.63. The third-order valence-corrected chi connectivity index (χ3v) is 2.23. The van der Waals surface area contributed by atoms with Crippen LogP contribution in [0.25, 0.3) is 0 Å². The molecule has 4 nitrogen and oxygen atoms in total. The fraction of sp³-hybridized carbons (Fsp3) is 0.364. The Labute approximate surface area is 93.4 Å². The highest BCUT2D eigenvalue weighted by molar-refractivity contribution is 5.77. The van der Waals surface area contributed by atoms with Crippen LogP contribution < -0.4 is 10.1 Å². The van der Waals surface area contributed by atoms with Gasteiger partial charge in [-0.05, 0) is 24.7 Å². The molecule has 16 heavy (non-hydrogen) atoms. The molecular weight excluding hydrogens is 213 g/mol. The predicted octanol–water partition coefficient (Wildman–Crippen LogP) is 1.27. The van der Waals surface area contributed by atoms with Crippen molar-refractivity contribution in [2.45, 2.75) is 6.04 Å². The molecule has 0 aliphatic carbocycles. The molecule has 0 fully saturated rings. The minimum atomic E-state index is -0.676. The third-order valence-electron chi connectivity index (χ3n) is 2.23. The number of likely N-dealkylation sites (N-methyl/N-ethyl adjacent to an activating group) is 1. The van der Waals surface area contributed by atoms with Gasteiger partial charge < -0.3 is 14.8 Å². The SMILES string of the molecule is CNC(C(=O)OC)c1ccc(OC)c(F)c1. The average molecular weight is 227 g/mol. The fourth-order valence-corrected chi connectivity index (χ4v) is 1.40. The van der Waals surface area contributed by atoms with Crippen molar-refractivity contribution < 1.29 is 18.7 Å². The minimum absolute atomic E-state index is 0.142. The number of halogens is 1. The summed E-state index contributed by atoms with van der Waals surface area (Å²) in [5.74, 6) is -0.834. The van der Waals surface area contributed by atoms with E-state index in [4.69, 9.17) is 4.74 Å². The first kappa shape index (κ1) is 12.4. The van der Waals surface area contributed by atoms with Crippen LogP contribution in [0.4, 0.5) is 4.39 Å². The lowest BCUT2D eigenvalue weighted by atomic mass is 10.1. The molecule has 1 unspecified atom stereocenters. The zero-order chi connectivity index (χ0) is 12.1. The molecule has 0 heterocycles. The van der Waals surface area contributed by atoms with Crippen molar-refractivity contribution in [3.8, 4) is 5.75 Å². The number of nitrogens with one attached hydrogen (secondary N) is 1. The molecule has 0 aliphatic heterocycles. The smallest absolute Gasteiger partial charge is 0.327 e. The van der Waals surface area contributed by atoms with Crippen LogP contribution in [0.2, 0.25) is 0 Å². The van der Waals surface area contributed by atoms with E-state index in [9.17, 15) is 9.18 Å². The number of hydrogen-bond acceptors (Lipinski definition) is 4. The number of rotatable bonds is 4. The minimum Gasteiger partial charge on any atom is -0.494 e. The number of esters is 1. The average Bonchev–Trinajstić information content (AvgIpc) is 2.30. The summed E-state index contributed by atoms with van der Waals surface area (Å²) in [6, 6.07) is 3.65. The summed E-state index contributed by atoms with van der Waals surface area (Å²) in [7, 11) is 4.27. The molecular formula is C11H14FNO3. The Hall–Kier alpha value is -1.62. The summed E-state index contributed by atoms with van der Waals surface area (Å²) < 4.78 is 22.8.